The Labute approximate surface area is 144 Å². The average Bonchev–Trinajstić information content (AvgIpc) is 2.64. The molecule has 0 spiro atoms. The van der Waals surface area contributed by atoms with Gasteiger partial charge in [0, 0.05) is 24.4 Å². The summed E-state index contributed by atoms with van der Waals surface area (Å²) in [5.74, 6) is -0.587. The van der Waals surface area contributed by atoms with Crippen LogP contribution in [0.5, 0.6) is 0 Å². The number of anilines is 1. The van der Waals surface area contributed by atoms with Gasteiger partial charge in [0.1, 0.15) is 12.4 Å². The number of aromatic nitrogens is 2. The summed E-state index contributed by atoms with van der Waals surface area (Å²) in [6.07, 6.45) is 1.33. The van der Waals surface area contributed by atoms with Crippen molar-refractivity contribution in [2.75, 3.05) is 11.9 Å². The largest absolute Gasteiger partial charge is 0.314 e. The highest BCUT2D eigenvalue weighted by atomic mass is 19.1. The Hall–Kier alpha value is -3.28. The second kappa shape index (κ2) is 7.09. The maximum Gasteiger partial charge on any atom is 0.254 e. The Kier molecular flexibility index (Phi) is 4.70. The number of hydrogen-bond donors (Lipinski definition) is 0. The maximum atomic E-state index is 13.0. The van der Waals surface area contributed by atoms with Gasteiger partial charge in [0.25, 0.3) is 5.56 Å². The fourth-order valence-electron chi connectivity index (χ4n) is 2.37. The lowest BCUT2D eigenvalue weighted by Gasteiger charge is -2.17. The van der Waals surface area contributed by atoms with Crippen molar-refractivity contribution in [1.82, 2.24) is 9.55 Å². The molecule has 5 nitrogen and oxygen atoms in total. The molecule has 1 amide bonds. The molecule has 126 valence electrons. The van der Waals surface area contributed by atoms with Crippen molar-refractivity contribution in [2.45, 2.75) is 6.54 Å². The van der Waals surface area contributed by atoms with E-state index in [1.54, 1.807) is 19.2 Å². The van der Waals surface area contributed by atoms with Gasteiger partial charge in [-0.1, -0.05) is 18.2 Å². The number of halogens is 1. The van der Waals surface area contributed by atoms with E-state index in [0.717, 1.165) is 5.69 Å². The summed E-state index contributed by atoms with van der Waals surface area (Å²) in [5.41, 5.74) is 1.48. The van der Waals surface area contributed by atoms with E-state index < -0.39 is 0 Å². The lowest BCUT2D eigenvalue weighted by molar-refractivity contribution is -0.118. The topological polar surface area (TPSA) is 55.2 Å². The van der Waals surface area contributed by atoms with Crippen LogP contribution < -0.4 is 10.5 Å². The highest BCUT2D eigenvalue weighted by molar-refractivity contribution is 5.92. The molecular weight excluding hydrogens is 321 g/mol. The fraction of sp³-hybridized carbons (Fsp3) is 0.105. The zero-order chi connectivity index (χ0) is 17.8. The lowest BCUT2D eigenvalue weighted by Crippen LogP contribution is -2.33. The van der Waals surface area contributed by atoms with Crippen molar-refractivity contribution in [2.24, 2.45) is 0 Å². The first-order chi connectivity index (χ1) is 12.0. The van der Waals surface area contributed by atoms with Crippen molar-refractivity contribution < 1.29 is 9.18 Å². The average molecular weight is 337 g/mol. The molecular formula is C19H16FN3O2. The molecule has 0 N–H and O–H groups in total. The maximum absolute atomic E-state index is 13.0. The number of carbonyl (C=O) groups is 1. The standard InChI is InChI=1S/C19H16FN3O2/c1-22(16-5-3-2-4-6-16)19(25)12-23-13-21-17(11-18(23)24)14-7-9-15(20)10-8-14/h2-11,13H,12H2,1H3. The molecule has 0 aliphatic carbocycles. The van der Waals surface area contributed by atoms with Gasteiger partial charge in [-0.05, 0) is 36.4 Å². The van der Waals surface area contributed by atoms with E-state index >= 15 is 0 Å². The van der Waals surface area contributed by atoms with E-state index in [1.807, 2.05) is 30.3 Å². The fourth-order valence-corrected chi connectivity index (χ4v) is 2.37. The Bertz CT molecular complexity index is 937. The van der Waals surface area contributed by atoms with Gasteiger partial charge in [0.15, 0.2) is 0 Å². The molecule has 6 heteroatoms. The van der Waals surface area contributed by atoms with Gasteiger partial charge < -0.3 is 4.90 Å². The summed E-state index contributed by atoms with van der Waals surface area (Å²) < 4.78 is 14.2. The van der Waals surface area contributed by atoms with Crippen LogP contribution in [0.3, 0.4) is 0 Å². The van der Waals surface area contributed by atoms with Crippen LogP contribution in [-0.4, -0.2) is 22.5 Å². The van der Waals surface area contributed by atoms with Crippen LogP contribution in [0.1, 0.15) is 0 Å². The van der Waals surface area contributed by atoms with Crippen molar-refractivity contribution in [3.05, 3.63) is 83.2 Å². The molecule has 25 heavy (non-hydrogen) atoms. The quantitative estimate of drug-likeness (QED) is 0.735. The third-order valence-electron chi connectivity index (χ3n) is 3.84. The van der Waals surface area contributed by atoms with Gasteiger partial charge in [-0.15, -0.1) is 0 Å². The van der Waals surface area contributed by atoms with E-state index in [-0.39, 0.29) is 23.8 Å². The smallest absolute Gasteiger partial charge is 0.254 e. The van der Waals surface area contributed by atoms with Gasteiger partial charge >= 0.3 is 0 Å². The summed E-state index contributed by atoms with van der Waals surface area (Å²) in [7, 11) is 1.66. The van der Waals surface area contributed by atoms with Crippen LogP contribution in [-0.2, 0) is 11.3 Å². The number of benzene rings is 2. The predicted octanol–water partition coefficient (Wildman–Crippen LogP) is 2.71. The minimum absolute atomic E-state index is 0.110. The molecule has 3 rings (SSSR count). The van der Waals surface area contributed by atoms with E-state index in [1.165, 1.54) is 34.0 Å². The molecule has 3 aromatic rings. The first kappa shape index (κ1) is 16.6. The van der Waals surface area contributed by atoms with Crippen LogP contribution in [0.25, 0.3) is 11.3 Å². The Balaban J connectivity index is 1.78. The summed E-state index contributed by atoms with van der Waals surface area (Å²) in [6, 6.07) is 16.2. The SMILES string of the molecule is CN(C(=O)Cn1cnc(-c2ccc(F)cc2)cc1=O)c1ccccc1. The lowest BCUT2D eigenvalue weighted by atomic mass is 10.1. The first-order valence-corrected chi connectivity index (χ1v) is 7.68. The monoisotopic (exact) mass is 337 g/mol. The third-order valence-corrected chi connectivity index (χ3v) is 3.84. The van der Waals surface area contributed by atoms with Crippen molar-refractivity contribution >= 4 is 11.6 Å². The number of hydrogen-bond acceptors (Lipinski definition) is 3. The van der Waals surface area contributed by atoms with E-state index in [4.69, 9.17) is 0 Å². The number of likely N-dealkylation sites (N-methyl/N-ethyl adjacent to an activating group) is 1. The van der Waals surface area contributed by atoms with Crippen LogP contribution in [0.2, 0.25) is 0 Å². The van der Waals surface area contributed by atoms with Crippen LogP contribution in [0.4, 0.5) is 10.1 Å². The van der Waals surface area contributed by atoms with Crippen LogP contribution in [0, 0.1) is 5.82 Å². The molecule has 0 bridgehead atoms. The molecule has 2 aromatic carbocycles. The molecule has 0 fully saturated rings. The third kappa shape index (κ3) is 3.80. The summed E-state index contributed by atoms with van der Waals surface area (Å²) in [6.45, 7) is -0.110. The van der Waals surface area contributed by atoms with Crippen molar-refractivity contribution in [3.63, 3.8) is 0 Å². The van der Waals surface area contributed by atoms with Gasteiger partial charge in [-0.25, -0.2) is 9.37 Å². The molecule has 0 saturated heterocycles. The number of amides is 1. The second-order valence-corrected chi connectivity index (χ2v) is 5.54. The number of para-hydroxylation sites is 1. The summed E-state index contributed by atoms with van der Waals surface area (Å²) in [4.78, 5) is 30.3. The molecule has 0 aliphatic rings. The van der Waals surface area contributed by atoms with Gasteiger partial charge in [-0.3, -0.25) is 14.2 Å². The number of nitrogens with zero attached hydrogens (tertiary/aromatic N) is 3. The Morgan fingerprint density at radius 1 is 1.12 bits per heavy atom. The molecule has 1 aromatic heterocycles. The van der Waals surface area contributed by atoms with Gasteiger partial charge in [0.05, 0.1) is 12.0 Å². The summed E-state index contributed by atoms with van der Waals surface area (Å²) in [5, 5.41) is 0. The van der Waals surface area contributed by atoms with E-state index in [2.05, 4.69) is 4.98 Å². The number of rotatable bonds is 4. The number of carbonyl (C=O) groups excluding carboxylic acids is 1. The van der Waals surface area contributed by atoms with Crippen molar-refractivity contribution in [1.29, 1.82) is 0 Å². The predicted molar refractivity (Wildman–Crippen MR) is 93.7 cm³/mol. The van der Waals surface area contributed by atoms with Crippen molar-refractivity contribution in [3.8, 4) is 11.3 Å². The first-order valence-electron chi connectivity index (χ1n) is 7.68. The zero-order valence-electron chi connectivity index (χ0n) is 13.6. The van der Waals surface area contributed by atoms with Gasteiger partial charge in [-0.2, -0.15) is 0 Å². The van der Waals surface area contributed by atoms with E-state index in [9.17, 15) is 14.0 Å². The molecule has 0 atom stereocenters. The van der Waals surface area contributed by atoms with Crippen LogP contribution >= 0.6 is 0 Å². The zero-order valence-corrected chi connectivity index (χ0v) is 13.6. The Morgan fingerprint density at radius 3 is 2.44 bits per heavy atom. The Morgan fingerprint density at radius 2 is 1.80 bits per heavy atom. The molecule has 1 heterocycles. The molecule has 0 radical (unpaired) electrons. The van der Waals surface area contributed by atoms with Gasteiger partial charge in [0.2, 0.25) is 5.91 Å². The van der Waals surface area contributed by atoms with Crippen LogP contribution in [0.15, 0.2) is 71.8 Å². The molecule has 0 aliphatic heterocycles. The highest BCUT2D eigenvalue weighted by Crippen LogP contribution is 2.15. The molecule has 0 unspecified atom stereocenters. The molecule has 0 saturated carbocycles. The minimum Gasteiger partial charge on any atom is -0.314 e. The second-order valence-electron chi connectivity index (χ2n) is 5.54. The highest BCUT2D eigenvalue weighted by Gasteiger charge is 2.12. The minimum atomic E-state index is -0.355. The summed E-state index contributed by atoms with van der Waals surface area (Å²) >= 11 is 0. The van der Waals surface area contributed by atoms with E-state index in [0.29, 0.717) is 11.3 Å². The normalized spacial score (nSPS) is 10.5.